The van der Waals surface area contributed by atoms with Crippen LogP contribution in [0.3, 0.4) is 0 Å². The van der Waals surface area contributed by atoms with Crippen LogP contribution in [0.1, 0.15) is 17.7 Å². The Hall–Kier alpha value is -0.940. The highest BCUT2D eigenvalue weighted by Crippen LogP contribution is 2.04. The second-order valence-electron chi connectivity index (χ2n) is 3.54. The lowest BCUT2D eigenvalue weighted by Gasteiger charge is -2.09. The molecule has 0 saturated carbocycles. The highest BCUT2D eigenvalue weighted by atomic mass is 32.1. The van der Waals surface area contributed by atoms with E-state index in [-0.39, 0.29) is 5.91 Å². The monoisotopic (exact) mass is 227 g/mol. The molecule has 5 heteroatoms. The third-order valence-corrected chi connectivity index (χ3v) is 2.81. The zero-order valence-corrected chi connectivity index (χ0v) is 10.0. The normalized spacial score (nSPS) is 10.3. The van der Waals surface area contributed by atoms with Crippen LogP contribution >= 0.6 is 11.3 Å². The van der Waals surface area contributed by atoms with Gasteiger partial charge in [0.15, 0.2) is 0 Å². The van der Waals surface area contributed by atoms with Crippen LogP contribution in [-0.4, -0.2) is 36.4 Å². The second kappa shape index (κ2) is 6.53. The third-order valence-electron chi connectivity index (χ3n) is 2.03. The van der Waals surface area contributed by atoms with Crippen molar-refractivity contribution >= 4 is 17.2 Å². The molecule has 1 heterocycles. The van der Waals surface area contributed by atoms with Crippen molar-refractivity contribution in [3.63, 3.8) is 0 Å². The summed E-state index contributed by atoms with van der Waals surface area (Å²) >= 11 is 1.64. The lowest BCUT2D eigenvalue weighted by molar-refractivity contribution is -0.128. The number of nitrogens with one attached hydrogen (secondary N) is 1. The number of hydrogen-bond acceptors (Lipinski definition) is 4. The largest absolute Gasteiger partial charge is 0.349 e. The van der Waals surface area contributed by atoms with Crippen LogP contribution in [0.15, 0.2) is 11.7 Å². The van der Waals surface area contributed by atoms with Crippen LogP contribution in [0.5, 0.6) is 0 Å². The minimum atomic E-state index is 0.189. The molecule has 4 nitrogen and oxygen atoms in total. The Bertz CT molecular complexity index is 285. The molecule has 0 saturated heterocycles. The van der Waals surface area contributed by atoms with Gasteiger partial charge in [-0.05, 0) is 13.0 Å². The van der Waals surface area contributed by atoms with Gasteiger partial charge in [0.05, 0.1) is 5.51 Å². The van der Waals surface area contributed by atoms with E-state index in [0.29, 0.717) is 6.42 Å². The smallest absolute Gasteiger partial charge is 0.222 e. The molecule has 0 bridgehead atoms. The van der Waals surface area contributed by atoms with Crippen LogP contribution in [-0.2, 0) is 11.3 Å². The van der Waals surface area contributed by atoms with Crippen LogP contribution in [0.4, 0.5) is 0 Å². The number of thiazole rings is 1. The van der Waals surface area contributed by atoms with Crippen molar-refractivity contribution in [1.29, 1.82) is 0 Å². The van der Waals surface area contributed by atoms with Gasteiger partial charge in [-0.1, -0.05) is 0 Å². The Morgan fingerprint density at radius 1 is 1.60 bits per heavy atom. The molecule has 1 aromatic rings. The van der Waals surface area contributed by atoms with Crippen molar-refractivity contribution in [3.8, 4) is 0 Å². The summed E-state index contributed by atoms with van der Waals surface area (Å²) in [6.45, 7) is 1.72. The van der Waals surface area contributed by atoms with Crippen LogP contribution in [0, 0.1) is 0 Å². The molecular weight excluding hydrogens is 210 g/mol. The predicted octanol–water partition coefficient (Wildman–Crippen LogP) is 1.10. The Labute approximate surface area is 94.3 Å². The van der Waals surface area contributed by atoms with Gasteiger partial charge in [-0.3, -0.25) is 9.78 Å². The van der Waals surface area contributed by atoms with Crippen LogP contribution < -0.4 is 5.32 Å². The first-order valence-corrected chi connectivity index (χ1v) is 5.86. The SMILES string of the molecule is CN(C)C(=O)CCCNCc1cncs1. The van der Waals surface area contributed by atoms with E-state index in [9.17, 15) is 4.79 Å². The first kappa shape index (κ1) is 12.1. The van der Waals surface area contributed by atoms with E-state index in [1.165, 1.54) is 4.88 Å². The fraction of sp³-hybridized carbons (Fsp3) is 0.600. The molecule has 0 radical (unpaired) electrons. The lowest BCUT2D eigenvalue weighted by atomic mass is 10.3. The van der Waals surface area contributed by atoms with Gasteiger partial charge in [-0.25, -0.2) is 0 Å². The maximum absolute atomic E-state index is 11.2. The summed E-state index contributed by atoms with van der Waals surface area (Å²) in [7, 11) is 3.57. The number of amides is 1. The van der Waals surface area contributed by atoms with Crippen molar-refractivity contribution in [2.75, 3.05) is 20.6 Å². The molecular formula is C10H17N3OS. The van der Waals surface area contributed by atoms with E-state index in [1.54, 1.807) is 30.3 Å². The quantitative estimate of drug-likeness (QED) is 0.740. The summed E-state index contributed by atoms with van der Waals surface area (Å²) in [5.74, 6) is 0.189. The summed E-state index contributed by atoms with van der Waals surface area (Å²) in [5.41, 5.74) is 1.83. The second-order valence-corrected chi connectivity index (χ2v) is 4.51. The van der Waals surface area contributed by atoms with Gasteiger partial charge < -0.3 is 10.2 Å². The molecule has 15 heavy (non-hydrogen) atoms. The average Bonchev–Trinajstić information content (AvgIpc) is 2.69. The van der Waals surface area contributed by atoms with Gasteiger partial charge in [0.2, 0.25) is 5.91 Å². The van der Waals surface area contributed by atoms with Gasteiger partial charge in [-0.2, -0.15) is 0 Å². The van der Waals surface area contributed by atoms with E-state index >= 15 is 0 Å². The molecule has 1 amide bonds. The average molecular weight is 227 g/mol. The van der Waals surface area contributed by atoms with E-state index < -0.39 is 0 Å². The number of carbonyl (C=O) groups is 1. The molecule has 0 aliphatic carbocycles. The molecule has 0 unspecified atom stereocenters. The van der Waals surface area contributed by atoms with Crippen molar-refractivity contribution in [3.05, 3.63) is 16.6 Å². The van der Waals surface area contributed by atoms with Gasteiger partial charge in [0.25, 0.3) is 0 Å². The first-order chi connectivity index (χ1) is 7.20. The highest BCUT2D eigenvalue weighted by Gasteiger charge is 2.02. The fourth-order valence-electron chi connectivity index (χ4n) is 1.13. The summed E-state index contributed by atoms with van der Waals surface area (Å²) in [4.78, 5) is 18.1. The van der Waals surface area contributed by atoms with E-state index in [1.807, 2.05) is 11.7 Å². The summed E-state index contributed by atoms with van der Waals surface area (Å²) in [6, 6.07) is 0. The topological polar surface area (TPSA) is 45.2 Å². The predicted molar refractivity (Wildman–Crippen MR) is 61.7 cm³/mol. The molecule has 0 spiro atoms. The standard InChI is InChI=1S/C10H17N3OS/c1-13(2)10(14)4-3-5-11-6-9-7-12-8-15-9/h7-8,11H,3-6H2,1-2H3. The molecule has 0 fully saturated rings. The highest BCUT2D eigenvalue weighted by molar-refractivity contribution is 7.09. The minimum Gasteiger partial charge on any atom is -0.349 e. The molecule has 1 aromatic heterocycles. The summed E-state index contributed by atoms with van der Waals surface area (Å²) in [5, 5.41) is 3.28. The van der Waals surface area contributed by atoms with Crippen molar-refractivity contribution in [2.45, 2.75) is 19.4 Å². The molecule has 0 aliphatic heterocycles. The molecule has 1 rings (SSSR count). The third kappa shape index (κ3) is 4.90. The maximum atomic E-state index is 11.2. The zero-order valence-electron chi connectivity index (χ0n) is 9.19. The van der Waals surface area contributed by atoms with E-state index in [2.05, 4.69) is 10.3 Å². The number of carbonyl (C=O) groups excluding carboxylic acids is 1. The molecule has 84 valence electrons. The van der Waals surface area contributed by atoms with E-state index in [0.717, 1.165) is 19.5 Å². The van der Waals surface area contributed by atoms with Gasteiger partial charge in [0.1, 0.15) is 0 Å². The summed E-state index contributed by atoms with van der Waals surface area (Å²) < 4.78 is 0. The molecule has 0 atom stereocenters. The number of rotatable bonds is 6. The van der Waals surface area contributed by atoms with Crippen molar-refractivity contribution in [2.24, 2.45) is 0 Å². The molecule has 0 aliphatic rings. The maximum Gasteiger partial charge on any atom is 0.222 e. The van der Waals surface area contributed by atoms with Crippen molar-refractivity contribution < 1.29 is 4.79 Å². The zero-order chi connectivity index (χ0) is 11.1. The Morgan fingerprint density at radius 3 is 3.00 bits per heavy atom. The summed E-state index contributed by atoms with van der Waals surface area (Å²) in [6.07, 6.45) is 3.36. The number of nitrogens with zero attached hydrogens (tertiary/aromatic N) is 2. The van der Waals surface area contributed by atoms with Crippen molar-refractivity contribution in [1.82, 2.24) is 15.2 Å². The van der Waals surface area contributed by atoms with Crippen LogP contribution in [0.25, 0.3) is 0 Å². The fourth-order valence-corrected chi connectivity index (χ4v) is 1.69. The lowest BCUT2D eigenvalue weighted by Crippen LogP contribution is -2.23. The molecule has 1 N–H and O–H groups in total. The Kier molecular flexibility index (Phi) is 5.28. The number of aromatic nitrogens is 1. The first-order valence-electron chi connectivity index (χ1n) is 4.98. The Balaban J connectivity index is 2.00. The Morgan fingerprint density at radius 2 is 2.40 bits per heavy atom. The van der Waals surface area contributed by atoms with E-state index in [4.69, 9.17) is 0 Å². The minimum absolute atomic E-state index is 0.189. The van der Waals surface area contributed by atoms with Gasteiger partial charge in [0, 0.05) is 38.1 Å². The van der Waals surface area contributed by atoms with Crippen LogP contribution in [0.2, 0.25) is 0 Å². The van der Waals surface area contributed by atoms with Gasteiger partial charge in [-0.15, -0.1) is 11.3 Å². The molecule has 0 aromatic carbocycles. The van der Waals surface area contributed by atoms with Gasteiger partial charge >= 0.3 is 0 Å². The number of hydrogen-bond donors (Lipinski definition) is 1.